The van der Waals surface area contributed by atoms with Gasteiger partial charge in [-0.15, -0.1) is 0 Å². The van der Waals surface area contributed by atoms with Crippen molar-refractivity contribution in [2.75, 3.05) is 20.6 Å². The molecule has 2 saturated heterocycles. The minimum Gasteiger partial charge on any atom is -0.291 e. The number of fused-ring (bicyclic) bond motifs is 2. The summed E-state index contributed by atoms with van der Waals surface area (Å²) in [7, 11) is 4.55. The molecule has 0 amide bonds. The van der Waals surface area contributed by atoms with Gasteiger partial charge in [0.15, 0.2) is 0 Å². The SMILES string of the molecule is CC1CC2CCN(C)C(C1)N2C. The molecule has 3 unspecified atom stereocenters. The van der Waals surface area contributed by atoms with Crippen molar-refractivity contribution >= 4 is 0 Å². The zero-order valence-corrected chi connectivity index (χ0v) is 8.45. The summed E-state index contributed by atoms with van der Waals surface area (Å²) in [5.41, 5.74) is 0. The molecule has 2 aliphatic heterocycles. The summed E-state index contributed by atoms with van der Waals surface area (Å²) in [6, 6.07) is 0.870. The highest BCUT2D eigenvalue weighted by molar-refractivity contribution is 4.89. The van der Waals surface area contributed by atoms with E-state index < -0.39 is 0 Å². The topological polar surface area (TPSA) is 6.48 Å². The van der Waals surface area contributed by atoms with Crippen molar-refractivity contribution in [3.05, 3.63) is 0 Å². The van der Waals surface area contributed by atoms with Gasteiger partial charge < -0.3 is 0 Å². The summed E-state index contributed by atoms with van der Waals surface area (Å²) < 4.78 is 0. The quantitative estimate of drug-likeness (QED) is 0.539. The Hall–Kier alpha value is -0.0800. The van der Waals surface area contributed by atoms with E-state index in [0.29, 0.717) is 0 Å². The normalized spacial score (nSPS) is 44.8. The molecule has 0 radical (unpaired) electrons. The lowest BCUT2D eigenvalue weighted by Crippen LogP contribution is -2.58. The summed E-state index contributed by atoms with van der Waals surface area (Å²) in [6.07, 6.45) is 4.88. The first-order valence-corrected chi connectivity index (χ1v) is 5.10. The number of rotatable bonds is 0. The maximum absolute atomic E-state index is 2.57. The lowest BCUT2D eigenvalue weighted by molar-refractivity contribution is -0.0503. The maximum Gasteiger partial charge on any atom is 0.0622 e. The van der Waals surface area contributed by atoms with Gasteiger partial charge in [0, 0.05) is 12.6 Å². The molecule has 2 nitrogen and oxygen atoms in total. The molecule has 70 valence electrons. The molecule has 0 saturated carbocycles. The molecule has 2 rings (SSSR count). The third-order valence-corrected chi connectivity index (χ3v) is 3.66. The Labute approximate surface area is 75.5 Å². The summed E-state index contributed by atoms with van der Waals surface area (Å²) in [5, 5.41) is 0. The average Bonchev–Trinajstić information content (AvgIpc) is 2.01. The van der Waals surface area contributed by atoms with Gasteiger partial charge in [0.1, 0.15) is 0 Å². The monoisotopic (exact) mass is 168 g/mol. The third-order valence-electron chi connectivity index (χ3n) is 3.66. The molecular formula is C10H20N2. The molecule has 2 fully saturated rings. The van der Waals surface area contributed by atoms with Crippen LogP contribution >= 0.6 is 0 Å². The van der Waals surface area contributed by atoms with Crippen molar-refractivity contribution in [3.8, 4) is 0 Å². The maximum atomic E-state index is 2.57. The van der Waals surface area contributed by atoms with Gasteiger partial charge >= 0.3 is 0 Å². The van der Waals surface area contributed by atoms with Crippen LogP contribution in [-0.2, 0) is 0 Å². The Morgan fingerprint density at radius 1 is 1.17 bits per heavy atom. The minimum absolute atomic E-state index is 0.729. The predicted octanol–water partition coefficient (Wildman–Crippen LogP) is 1.38. The van der Waals surface area contributed by atoms with Gasteiger partial charge in [0.05, 0.1) is 6.17 Å². The number of hydrogen-bond acceptors (Lipinski definition) is 2. The van der Waals surface area contributed by atoms with Crippen molar-refractivity contribution in [1.82, 2.24) is 9.80 Å². The fraction of sp³-hybridized carbons (Fsp3) is 1.00. The number of piperidine rings is 1. The van der Waals surface area contributed by atoms with Crippen LogP contribution in [0.5, 0.6) is 0 Å². The molecule has 2 heterocycles. The van der Waals surface area contributed by atoms with Crippen LogP contribution in [0.15, 0.2) is 0 Å². The first-order valence-electron chi connectivity index (χ1n) is 5.10. The largest absolute Gasteiger partial charge is 0.291 e. The van der Waals surface area contributed by atoms with E-state index in [4.69, 9.17) is 0 Å². The van der Waals surface area contributed by atoms with Crippen molar-refractivity contribution in [1.29, 1.82) is 0 Å². The van der Waals surface area contributed by atoms with Crippen LogP contribution in [0.3, 0.4) is 0 Å². The van der Waals surface area contributed by atoms with E-state index in [1.807, 2.05) is 0 Å². The molecule has 2 aliphatic rings. The standard InChI is InChI=1S/C10H20N2/c1-8-6-9-4-5-11(2)10(7-8)12(9)3/h8-10H,4-7H2,1-3H3. The summed E-state index contributed by atoms with van der Waals surface area (Å²) in [6.45, 7) is 3.69. The molecule has 12 heavy (non-hydrogen) atoms. The predicted molar refractivity (Wildman–Crippen MR) is 51.0 cm³/mol. The van der Waals surface area contributed by atoms with E-state index in [1.165, 1.54) is 25.8 Å². The van der Waals surface area contributed by atoms with Crippen molar-refractivity contribution in [2.24, 2.45) is 5.92 Å². The second-order valence-electron chi connectivity index (χ2n) is 4.65. The van der Waals surface area contributed by atoms with Crippen LogP contribution in [0, 0.1) is 5.92 Å². The number of likely N-dealkylation sites (tertiary alicyclic amines) is 1. The Morgan fingerprint density at radius 3 is 2.67 bits per heavy atom. The molecular weight excluding hydrogens is 148 g/mol. The molecule has 0 aliphatic carbocycles. The second-order valence-corrected chi connectivity index (χ2v) is 4.65. The van der Waals surface area contributed by atoms with Crippen LogP contribution in [0.1, 0.15) is 26.2 Å². The van der Waals surface area contributed by atoms with Crippen LogP contribution in [0.25, 0.3) is 0 Å². The smallest absolute Gasteiger partial charge is 0.0622 e. The van der Waals surface area contributed by atoms with Gasteiger partial charge in [-0.05, 0) is 39.3 Å². The Balaban J connectivity index is 2.11. The van der Waals surface area contributed by atoms with Gasteiger partial charge in [0.25, 0.3) is 0 Å². The Kier molecular flexibility index (Phi) is 2.13. The van der Waals surface area contributed by atoms with Crippen molar-refractivity contribution in [3.63, 3.8) is 0 Å². The highest BCUT2D eigenvalue weighted by Gasteiger charge is 2.36. The molecule has 2 heteroatoms. The molecule has 0 N–H and O–H groups in total. The summed E-state index contributed by atoms with van der Waals surface area (Å²) >= 11 is 0. The Morgan fingerprint density at radius 2 is 1.92 bits per heavy atom. The number of nitrogens with zero attached hydrogens (tertiary/aromatic N) is 2. The van der Waals surface area contributed by atoms with E-state index in [1.54, 1.807) is 0 Å². The van der Waals surface area contributed by atoms with Gasteiger partial charge in [-0.25, -0.2) is 0 Å². The molecule has 0 aromatic carbocycles. The highest BCUT2D eigenvalue weighted by Crippen LogP contribution is 2.32. The third kappa shape index (κ3) is 1.27. The first-order chi connectivity index (χ1) is 5.68. The van der Waals surface area contributed by atoms with Gasteiger partial charge in [0.2, 0.25) is 0 Å². The van der Waals surface area contributed by atoms with Crippen LogP contribution in [-0.4, -0.2) is 42.6 Å². The van der Waals surface area contributed by atoms with Gasteiger partial charge in [-0.2, -0.15) is 0 Å². The van der Waals surface area contributed by atoms with E-state index in [0.717, 1.165) is 18.1 Å². The molecule has 0 aromatic rings. The van der Waals surface area contributed by atoms with E-state index >= 15 is 0 Å². The van der Waals surface area contributed by atoms with Gasteiger partial charge in [-0.1, -0.05) is 6.92 Å². The fourth-order valence-electron chi connectivity index (χ4n) is 2.81. The molecule has 2 bridgehead atoms. The highest BCUT2D eigenvalue weighted by atomic mass is 15.4. The first kappa shape index (κ1) is 8.52. The summed E-state index contributed by atoms with van der Waals surface area (Å²) in [4.78, 5) is 5.08. The minimum atomic E-state index is 0.729. The molecule has 3 atom stereocenters. The van der Waals surface area contributed by atoms with E-state index in [-0.39, 0.29) is 0 Å². The number of hydrogen-bond donors (Lipinski definition) is 0. The van der Waals surface area contributed by atoms with Crippen LogP contribution < -0.4 is 0 Å². The van der Waals surface area contributed by atoms with Crippen molar-refractivity contribution in [2.45, 2.75) is 38.4 Å². The fourth-order valence-corrected chi connectivity index (χ4v) is 2.81. The summed E-state index contributed by atoms with van der Waals surface area (Å²) in [5.74, 6) is 0.930. The molecule has 0 aromatic heterocycles. The van der Waals surface area contributed by atoms with Crippen LogP contribution in [0.4, 0.5) is 0 Å². The van der Waals surface area contributed by atoms with E-state index in [9.17, 15) is 0 Å². The van der Waals surface area contributed by atoms with Crippen LogP contribution in [0.2, 0.25) is 0 Å². The lowest BCUT2D eigenvalue weighted by atomic mass is 9.86. The van der Waals surface area contributed by atoms with Crippen molar-refractivity contribution < 1.29 is 0 Å². The Bertz CT molecular complexity index is 169. The zero-order chi connectivity index (χ0) is 8.72. The lowest BCUT2D eigenvalue weighted by Gasteiger charge is -2.50. The van der Waals surface area contributed by atoms with E-state index in [2.05, 4.69) is 30.8 Å². The average molecular weight is 168 g/mol. The second kappa shape index (κ2) is 3.00. The molecule has 0 spiro atoms. The zero-order valence-electron chi connectivity index (χ0n) is 8.45. The van der Waals surface area contributed by atoms with Gasteiger partial charge in [-0.3, -0.25) is 9.80 Å².